The van der Waals surface area contributed by atoms with Gasteiger partial charge in [-0.15, -0.1) is 0 Å². The van der Waals surface area contributed by atoms with Crippen LogP contribution in [0.15, 0.2) is 78.9 Å². The van der Waals surface area contributed by atoms with Gasteiger partial charge in [0, 0.05) is 10.6 Å². The summed E-state index contributed by atoms with van der Waals surface area (Å²) in [5.41, 5.74) is 1.53. The Morgan fingerprint density at radius 3 is 2.03 bits per heavy atom. The van der Waals surface area contributed by atoms with E-state index in [1.807, 2.05) is 0 Å². The van der Waals surface area contributed by atoms with Crippen LogP contribution in [-0.4, -0.2) is 30.2 Å². The molecule has 0 heterocycles. The Labute approximate surface area is 207 Å². The summed E-state index contributed by atoms with van der Waals surface area (Å²) in [5, 5.41) is 12.6. The molecule has 0 saturated heterocycles. The zero-order chi connectivity index (χ0) is 26.5. The Morgan fingerprint density at radius 2 is 1.56 bits per heavy atom. The van der Waals surface area contributed by atoms with Gasteiger partial charge in [0.05, 0.1) is 13.0 Å². The predicted octanol–water partition coefficient (Wildman–Crippen LogP) is 6.48. The molecule has 190 valence electrons. The summed E-state index contributed by atoms with van der Waals surface area (Å²) in [4.78, 5) is 25.5. The van der Waals surface area contributed by atoms with Gasteiger partial charge in [0.15, 0.2) is 0 Å². The molecule has 0 radical (unpaired) electrons. The average Bonchev–Trinajstić information content (AvgIpc) is 2.86. The molecule has 0 aliphatic heterocycles. The average molecular weight is 501 g/mol. The van der Waals surface area contributed by atoms with Crippen LogP contribution >= 0.6 is 0 Å². The summed E-state index contributed by atoms with van der Waals surface area (Å²) in [5.74, 6) is -2.59. The van der Waals surface area contributed by atoms with Gasteiger partial charge in [-0.05, 0) is 48.7 Å². The van der Waals surface area contributed by atoms with E-state index in [-0.39, 0.29) is 17.7 Å². The Balaban J connectivity index is 2.31. The number of amides is 1. The highest BCUT2D eigenvalue weighted by Crippen LogP contribution is 2.41. The van der Waals surface area contributed by atoms with Crippen LogP contribution in [0.3, 0.4) is 0 Å². The molecule has 0 unspecified atom stereocenters. The molecule has 0 spiro atoms. The van der Waals surface area contributed by atoms with Gasteiger partial charge in [-0.3, -0.25) is 19.8 Å². The molecule has 0 aliphatic carbocycles. The van der Waals surface area contributed by atoms with Crippen LogP contribution in [0, 0.1) is 17.0 Å². The van der Waals surface area contributed by atoms with Crippen molar-refractivity contribution in [3.05, 3.63) is 106 Å². The van der Waals surface area contributed by atoms with Crippen molar-refractivity contribution in [1.29, 1.82) is 0 Å². The predicted molar refractivity (Wildman–Crippen MR) is 131 cm³/mol. The van der Waals surface area contributed by atoms with Gasteiger partial charge in [0.2, 0.25) is 6.04 Å². The summed E-state index contributed by atoms with van der Waals surface area (Å²) >= 11 is 0. The normalized spacial score (nSPS) is 13.9. The summed E-state index contributed by atoms with van der Waals surface area (Å²) < 4.78 is 47.0. The highest BCUT2D eigenvalue weighted by molar-refractivity contribution is 5.98. The van der Waals surface area contributed by atoms with Crippen LogP contribution in [0.4, 0.5) is 18.9 Å². The van der Waals surface area contributed by atoms with Crippen molar-refractivity contribution in [2.75, 3.05) is 12.0 Å². The molecular formula is C27H27F3N2O4. The van der Waals surface area contributed by atoms with Crippen LogP contribution in [0.1, 0.15) is 42.0 Å². The fraction of sp³-hybridized carbons (Fsp3) is 0.296. The molecule has 0 N–H and O–H groups in total. The third-order valence-corrected chi connectivity index (χ3v) is 6.16. The van der Waals surface area contributed by atoms with Crippen LogP contribution in [0.25, 0.3) is 0 Å². The number of carbonyl (C=O) groups is 1. The first kappa shape index (κ1) is 26.7. The molecule has 3 atom stereocenters. The third kappa shape index (κ3) is 5.84. The van der Waals surface area contributed by atoms with Crippen molar-refractivity contribution in [3.8, 4) is 5.75 Å². The lowest BCUT2D eigenvalue weighted by Crippen LogP contribution is -2.50. The lowest BCUT2D eigenvalue weighted by molar-refractivity contribution is -0.531. The van der Waals surface area contributed by atoms with Gasteiger partial charge in [0.25, 0.3) is 0 Å². The van der Waals surface area contributed by atoms with E-state index in [9.17, 15) is 28.1 Å². The second kappa shape index (κ2) is 11.2. The van der Waals surface area contributed by atoms with Crippen LogP contribution in [-0.2, 0) is 4.79 Å². The second-order valence-corrected chi connectivity index (χ2v) is 8.43. The van der Waals surface area contributed by atoms with Crippen molar-refractivity contribution in [1.82, 2.24) is 0 Å². The first-order valence-corrected chi connectivity index (χ1v) is 11.4. The number of rotatable bonds is 9. The molecule has 0 aromatic heterocycles. The van der Waals surface area contributed by atoms with E-state index in [0.717, 1.165) is 5.56 Å². The number of carbonyl (C=O) groups excluding carboxylic acids is 1. The van der Waals surface area contributed by atoms with Crippen molar-refractivity contribution in [2.45, 2.75) is 44.4 Å². The molecular weight excluding hydrogens is 473 g/mol. The summed E-state index contributed by atoms with van der Waals surface area (Å²) in [6.45, 7) is 3.54. The largest absolute Gasteiger partial charge is 0.497 e. The minimum Gasteiger partial charge on any atom is -0.497 e. The number of nitro groups is 1. The SMILES string of the molecule is CC[C@H](c1ccccc1)[C@@H]([C@@H](c1ccc(C)cc1)N(C(=O)C(F)(F)F)c1ccc(OC)cc1)[N+](=O)[O-]. The minimum absolute atomic E-state index is 0.126. The number of nitrogens with zero attached hydrogens (tertiary/aromatic N) is 2. The topological polar surface area (TPSA) is 72.7 Å². The number of ether oxygens (including phenoxy) is 1. The fourth-order valence-electron chi connectivity index (χ4n) is 4.40. The molecule has 36 heavy (non-hydrogen) atoms. The zero-order valence-electron chi connectivity index (χ0n) is 20.1. The number of hydrogen-bond donors (Lipinski definition) is 0. The molecule has 0 saturated carbocycles. The Morgan fingerprint density at radius 1 is 0.972 bits per heavy atom. The van der Waals surface area contributed by atoms with E-state index >= 15 is 0 Å². The van der Waals surface area contributed by atoms with Gasteiger partial charge in [-0.25, -0.2) is 0 Å². The van der Waals surface area contributed by atoms with Crippen LogP contribution in [0.5, 0.6) is 5.75 Å². The van der Waals surface area contributed by atoms with Gasteiger partial charge >= 0.3 is 12.1 Å². The van der Waals surface area contributed by atoms with Crippen molar-refractivity contribution >= 4 is 11.6 Å². The maximum Gasteiger partial charge on any atom is 0.471 e. The number of anilines is 1. The highest BCUT2D eigenvalue weighted by Gasteiger charge is 2.51. The summed E-state index contributed by atoms with van der Waals surface area (Å²) in [6, 6.07) is 17.3. The number of aryl methyl sites for hydroxylation is 1. The maximum atomic E-state index is 14.0. The number of benzene rings is 3. The maximum absolute atomic E-state index is 14.0. The molecule has 3 aromatic carbocycles. The molecule has 1 amide bonds. The van der Waals surface area contributed by atoms with Gasteiger partial charge < -0.3 is 4.74 Å². The number of hydrogen-bond acceptors (Lipinski definition) is 4. The Bertz CT molecular complexity index is 1170. The van der Waals surface area contributed by atoms with Crippen molar-refractivity contribution in [3.63, 3.8) is 0 Å². The number of alkyl halides is 3. The smallest absolute Gasteiger partial charge is 0.471 e. The number of methoxy groups -OCH3 is 1. The Kier molecular flexibility index (Phi) is 8.34. The van der Waals surface area contributed by atoms with Crippen molar-refractivity contribution < 1.29 is 27.6 Å². The molecule has 9 heteroatoms. The molecule has 3 aromatic rings. The number of halogens is 3. The lowest BCUT2D eigenvalue weighted by Gasteiger charge is -2.36. The lowest BCUT2D eigenvalue weighted by atomic mass is 9.82. The molecule has 0 aliphatic rings. The van der Waals surface area contributed by atoms with Crippen LogP contribution in [0.2, 0.25) is 0 Å². The zero-order valence-corrected chi connectivity index (χ0v) is 20.1. The van der Waals surface area contributed by atoms with Gasteiger partial charge in [-0.1, -0.05) is 67.1 Å². The first-order valence-electron chi connectivity index (χ1n) is 11.4. The van der Waals surface area contributed by atoms with Gasteiger partial charge in [-0.2, -0.15) is 13.2 Å². The summed E-state index contributed by atoms with van der Waals surface area (Å²) in [6.07, 6.45) is -4.99. The first-order chi connectivity index (χ1) is 17.1. The van der Waals surface area contributed by atoms with Gasteiger partial charge in [0.1, 0.15) is 11.8 Å². The van der Waals surface area contributed by atoms with Crippen LogP contribution < -0.4 is 9.64 Å². The van der Waals surface area contributed by atoms with E-state index in [1.54, 1.807) is 56.3 Å². The minimum atomic E-state index is -5.27. The third-order valence-electron chi connectivity index (χ3n) is 6.16. The summed E-state index contributed by atoms with van der Waals surface area (Å²) in [7, 11) is 1.40. The molecule has 0 bridgehead atoms. The van der Waals surface area contributed by atoms with E-state index in [1.165, 1.54) is 43.5 Å². The van der Waals surface area contributed by atoms with E-state index in [4.69, 9.17) is 4.74 Å². The van der Waals surface area contributed by atoms with E-state index in [0.29, 0.717) is 16.2 Å². The molecule has 6 nitrogen and oxygen atoms in total. The fourth-order valence-corrected chi connectivity index (χ4v) is 4.40. The quantitative estimate of drug-likeness (QED) is 0.249. The Hall–Kier alpha value is -3.88. The standard InChI is InChI=1S/C27H27F3N2O4/c1-4-23(19-8-6-5-7-9-19)25(32(34)35)24(20-12-10-18(2)11-13-20)31(26(33)27(28,29)30)21-14-16-22(36-3)17-15-21/h5-17,23-25H,4H2,1-3H3/t23-,24-,25+/m1/s1. The van der Waals surface area contributed by atoms with E-state index in [2.05, 4.69) is 0 Å². The highest BCUT2D eigenvalue weighted by atomic mass is 19.4. The second-order valence-electron chi connectivity index (χ2n) is 8.43. The van der Waals surface area contributed by atoms with Crippen molar-refractivity contribution in [2.24, 2.45) is 0 Å². The monoisotopic (exact) mass is 500 g/mol. The molecule has 0 fully saturated rings. The molecule has 3 rings (SSSR count). The van der Waals surface area contributed by atoms with E-state index < -0.39 is 35.0 Å².